The fourth-order valence-electron chi connectivity index (χ4n) is 1.45. The van der Waals surface area contributed by atoms with Gasteiger partial charge in [-0.3, -0.25) is 0 Å². The molecular formula is C14H14O4. The molecule has 0 aliphatic heterocycles. The van der Waals surface area contributed by atoms with E-state index in [9.17, 15) is 9.90 Å². The second-order valence-corrected chi connectivity index (χ2v) is 4.13. The molecule has 1 unspecified atom stereocenters. The van der Waals surface area contributed by atoms with Gasteiger partial charge in [-0.15, -0.1) is 0 Å². The minimum Gasteiger partial charge on any atom is -0.490 e. The van der Waals surface area contributed by atoms with Crippen LogP contribution >= 0.6 is 0 Å². The molecule has 0 fully saturated rings. The van der Waals surface area contributed by atoms with Crippen LogP contribution in [0, 0.1) is 0 Å². The molecule has 1 atom stereocenters. The summed E-state index contributed by atoms with van der Waals surface area (Å²) < 4.78 is 10.4. The monoisotopic (exact) mass is 246 g/mol. The molecule has 0 saturated heterocycles. The lowest BCUT2D eigenvalue weighted by atomic mass is 10.2. The molecule has 0 bridgehead atoms. The van der Waals surface area contributed by atoms with Crippen LogP contribution in [0.4, 0.5) is 0 Å². The number of hydrogen-bond acceptors (Lipinski definition) is 4. The molecule has 2 rings (SSSR count). The highest BCUT2D eigenvalue weighted by Crippen LogP contribution is 2.19. The van der Waals surface area contributed by atoms with Crippen LogP contribution < -0.4 is 10.4 Å². The number of hydrogen-bond donors (Lipinski definition) is 1. The Morgan fingerprint density at radius 3 is 2.89 bits per heavy atom. The molecule has 4 nitrogen and oxygen atoms in total. The Kier molecular flexibility index (Phi) is 3.48. The van der Waals surface area contributed by atoms with Crippen molar-refractivity contribution in [3.63, 3.8) is 0 Å². The molecule has 1 aromatic heterocycles. The lowest BCUT2D eigenvalue weighted by Gasteiger charge is -2.12. The summed E-state index contributed by atoms with van der Waals surface area (Å²) in [6, 6.07) is 8.23. The van der Waals surface area contributed by atoms with E-state index in [2.05, 4.69) is 6.58 Å². The average molecular weight is 246 g/mol. The topological polar surface area (TPSA) is 59.7 Å². The molecule has 0 saturated carbocycles. The van der Waals surface area contributed by atoms with E-state index in [1.807, 2.05) is 0 Å². The van der Waals surface area contributed by atoms with Crippen LogP contribution in [0.25, 0.3) is 11.0 Å². The third-order valence-corrected chi connectivity index (χ3v) is 2.57. The van der Waals surface area contributed by atoms with Crippen molar-refractivity contribution in [2.75, 3.05) is 6.61 Å². The molecule has 0 radical (unpaired) electrons. The number of aliphatic hydroxyl groups excluding tert-OH is 1. The van der Waals surface area contributed by atoms with E-state index < -0.39 is 11.7 Å². The summed E-state index contributed by atoms with van der Waals surface area (Å²) in [5.41, 5.74) is 0.703. The van der Waals surface area contributed by atoms with Gasteiger partial charge in [0.2, 0.25) is 0 Å². The minimum absolute atomic E-state index is 0.123. The number of aliphatic hydroxyl groups is 1. The molecular weight excluding hydrogens is 232 g/mol. The van der Waals surface area contributed by atoms with Gasteiger partial charge in [-0.05, 0) is 30.7 Å². The zero-order valence-electron chi connectivity index (χ0n) is 10.1. The lowest BCUT2D eigenvalue weighted by Crippen LogP contribution is -2.18. The zero-order chi connectivity index (χ0) is 13.1. The first kappa shape index (κ1) is 12.4. The fourth-order valence-corrected chi connectivity index (χ4v) is 1.45. The Balaban J connectivity index is 2.19. The summed E-state index contributed by atoms with van der Waals surface area (Å²) in [6.07, 6.45) is -0.705. The maximum Gasteiger partial charge on any atom is 0.336 e. The van der Waals surface area contributed by atoms with E-state index in [0.717, 1.165) is 5.39 Å². The summed E-state index contributed by atoms with van der Waals surface area (Å²) >= 11 is 0. The molecule has 1 N–H and O–H groups in total. The van der Waals surface area contributed by atoms with E-state index >= 15 is 0 Å². The molecule has 2 aromatic rings. The smallest absolute Gasteiger partial charge is 0.336 e. The first-order valence-electron chi connectivity index (χ1n) is 5.56. The van der Waals surface area contributed by atoms with Gasteiger partial charge in [0.05, 0.1) is 0 Å². The summed E-state index contributed by atoms with van der Waals surface area (Å²) in [5, 5.41) is 10.4. The van der Waals surface area contributed by atoms with E-state index in [1.165, 1.54) is 6.07 Å². The fraction of sp³-hybridized carbons (Fsp3) is 0.214. The van der Waals surface area contributed by atoms with Crippen molar-refractivity contribution < 1.29 is 14.3 Å². The Morgan fingerprint density at radius 1 is 1.44 bits per heavy atom. The maximum atomic E-state index is 11.1. The number of ether oxygens (including phenoxy) is 1. The van der Waals surface area contributed by atoms with Gasteiger partial charge in [-0.25, -0.2) is 4.79 Å². The molecule has 18 heavy (non-hydrogen) atoms. The Bertz CT molecular complexity index is 627. The van der Waals surface area contributed by atoms with Crippen molar-refractivity contribution in [3.8, 4) is 5.75 Å². The van der Waals surface area contributed by atoms with Crippen molar-refractivity contribution in [1.82, 2.24) is 0 Å². The summed E-state index contributed by atoms with van der Waals surface area (Å²) in [6.45, 7) is 5.49. The van der Waals surface area contributed by atoms with Crippen molar-refractivity contribution in [2.24, 2.45) is 0 Å². The predicted molar refractivity (Wildman–Crippen MR) is 68.8 cm³/mol. The molecule has 94 valence electrons. The second-order valence-electron chi connectivity index (χ2n) is 4.13. The summed E-state index contributed by atoms with van der Waals surface area (Å²) in [7, 11) is 0. The maximum absolute atomic E-state index is 11.1. The molecule has 1 aromatic carbocycles. The molecule has 0 amide bonds. The van der Waals surface area contributed by atoms with Crippen LogP contribution in [0.5, 0.6) is 5.75 Å². The van der Waals surface area contributed by atoms with Crippen LogP contribution in [0.3, 0.4) is 0 Å². The van der Waals surface area contributed by atoms with E-state index in [-0.39, 0.29) is 6.61 Å². The van der Waals surface area contributed by atoms with Crippen molar-refractivity contribution >= 4 is 11.0 Å². The predicted octanol–water partition coefficient (Wildman–Crippen LogP) is 2.11. The third kappa shape index (κ3) is 2.78. The number of benzene rings is 1. The summed E-state index contributed by atoms with van der Waals surface area (Å²) in [5.74, 6) is 0.539. The van der Waals surface area contributed by atoms with Gasteiger partial charge in [-0.1, -0.05) is 6.58 Å². The van der Waals surface area contributed by atoms with Crippen LogP contribution in [0.2, 0.25) is 0 Å². The van der Waals surface area contributed by atoms with Gasteiger partial charge >= 0.3 is 5.63 Å². The van der Waals surface area contributed by atoms with Crippen LogP contribution in [0.1, 0.15) is 6.92 Å². The lowest BCUT2D eigenvalue weighted by molar-refractivity contribution is 0.136. The molecule has 1 heterocycles. The highest BCUT2D eigenvalue weighted by atomic mass is 16.5. The van der Waals surface area contributed by atoms with Gasteiger partial charge in [0.15, 0.2) is 0 Å². The Labute approximate surface area is 104 Å². The van der Waals surface area contributed by atoms with Gasteiger partial charge in [0.1, 0.15) is 24.0 Å². The standard InChI is InChI=1S/C14H14O4/c1-9(2)12(15)8-17-11-5-3-10-4-6-14(16)18-13(10)7-11/h3-7,12,15H,1,8H2,2H3. The van der Waals surface area contributed by atoms with Crippen LogP contribution in [-0.2, 0) is 0 Å². The van der Waals surface area contributed by atoms with Gasteiger partial charge in [-0.2, -0.15) is 0 Å². The number of rotatable bonds is 4. The molecule has 0 aliphatic rings. The van der Waals surface area contributed by atoms with Crippen molar-refractivity contribution in [1.29, 1.82) is 0 Å². The highest BCUT2D eigenvalue weighted by Gasteiger charge is 2.06. The Morgan fingerprint density at radius 2 is 2.17 bits per heavy atom. The SMILES string of the molecule is C=C(C)C(O)COc1ccc2ccc(=O)oc2c1. The van der Waals surface area contributed by atoms with Gasteiger partial charge in [0.25, 0.3) is 0 Å². The molecule has 0 spiro atoms. The van der Waals surface area contributed by atoms with Crippen molar-refractivity contribution in [2.45, 2.75) is 13.0 Å². The van der Waals surface area contributed by atoms with Gasteiger partial charge in [0, 0.05) is 17.5 Å². The van der Waals surface area contributed by atoms with Crippen molar-refractivity contribution in [3.05, 3.63) is 52.9 Å². The van der Waals surface area contributed by atoms with E-state index in [0.29, 0.717) is 16.9 Å². The van der Waals surface area contributed by atoms with Crippen LogP contribution in [-0.4, -0.2) is 17.8 Å². The normalized spacial score (nSPS) is 12.3. The first-order valence-corrected chi connectivity index (χ1v) is 5.56. The van der Waals surface area contributed by atoms with E-state index in [4.69, 9.17) is 9.15 Å². The first-order chi connectivity index (χ1) is 8.56. The molecule has 0 aliphatic carbocycles. The molecule has 4 heteroatoms. The highest BCUT2D eigenvalue weighted by molar-refractivity contribution is 5.77. The zero-order valence-corrected chi connectivity index (χ0v) is 10.1. The van der Waals surface area contributed by atoms with Gasteiger partial charge < -0.3 is 14.3 Å². The number of fused-ring (bicyclic) bond motifs is 1. The van der Waals surface area contributed by atoms with E-state index in [1.54, 1.807) is 31.2 Å². The largest absolute Gasteiger partial charge is 0.490 e. The average Bonchev–Trinajstić information content (AvgIpc) is 2.35. The van der Waals surface area contributed by atoms with Crippen LogP contribution in [0.15, 0.2) is 51.7 Å². The summed E-state index contributed by atoms with van der Waals surface area (Å²) in [4.78, 5) is 11.1. The minimum atomic E-state index is -0.705. The third-order valence-electron chi connectivity index (χ3n) is 2.57. The quantitative estimate of drug-likeness (QED) is 0.663. The second kappa shape index (κ2) is 5.06. The Hall–Kier alpha value is -2.07.